The Labute approximate surface area is 88.4 Å². The van der Waals surface area contributed by atoms with E-state index in [9.17, 15) is 0 Å². The molecule has 0 bridgehead atoms. The highest BCUT2D eigenvalue weighted by molar-refractivity contribution is 7.09. The molecule has 0 amide bonds. The van der Waals surface area contributed by atoms with Gasteiger partial charge in [-0.3, -0.25) is 0 Å². The molecule has 2 rings (SSSR count). The van der Waals surface area contributed by atoms with E-state index in [4.69, 9.17) is 0 Å². The van der Waals surface area contributed by atoms with Gasteiger partial charge in [0.1, 0.15) is 0 Å². The second kappa shape index (κ2) is 3.54. The van der Waals surface area contributed by atoms with Crippen molar-refractivity contribution >= 4 is 11.3 Å². The molecule has 0 atom stereocenters. The Hall–Kier alpha value is -1.15. The van der Waals surface area contributed by atoms with Crippen LogP contribution in [0.15, 0.2) is 18.2 Å². The van der Waals surface area contributed by atoms with E-state index in [1.54, 1.807) is 11.3 Å². The highest BCUT2D eigenvalue weighted by Gasteiger charge is 2.05. The van der Waals surface area contributed by atoms with E-state index in [2.05, 4.69) is 49.5 Å². The number of hydrogen-bond donors (Lipinski definition) is 0. The standard InChI is InChI=1S/C12H12NS/c1-8-4-5-11(6-9(8)2)12-10(3)14-7-13-12/h4-6H,1-3H3. The van der Waals surface area contributed by atoms with Gasteiger partial charge >= 0.3 is 0 Å². The summed E-state index contributed by atoms with van der Waals surface area (Å²) in [6.07, 6.45) is 0. The molecule has 0 unspecified atom stereocenters. The molecule has 0 aliphatic heterocycles. The first-order valence-electron chi connectivity index (χ1n) is 4.59. The summed E-state index contributed by atoms with van der Waals surface area (Å²) in [6.45, 7) is 6.34. The van der Waals surface area contributed by atoms with Gasteiger partial charge in [0, 0.05) is 10.4 Å². The SMILES string of the molecule is Cc1ccc(-c2n[c]sc2C)cc1C. The zero-order valence-electron chi connectivity index (χ0n) is 8.59. The normalized spacial score (nSPS) is 10.5. The quantitative estimate of drug-likeness (QED) is 0.689. The van der Waals surface area contributed by atoms with Crippen molar-refractivity contribution in [1.82, 2.24) is 4.98 Å². The molecule has 0 saturated carbocycles. The van der Waals surface area contributed by atoms with Crippen LogP contribution >= 0.6 is 11.3 Å². The molecule has 0 N–H and O–H groups in total. The van der Waals surface area contributed by atoms with Crippen molar-refractivity contribution in [2.45, 2.75) is 20.8 Å². The number of hydrogen-bond acceptors (Lipinski definition) is 2. The van der Waals surface area contributed by atoms with E-state index >= 15 is 0 Å². The minimum atomic E-state index is 1.07. The summed E-state index contributed by atoms with van der Waals surface area (Å²) in [5.74, 6) is 0. The molecule has 0 aliphatic carbocycles. The molecule has 0 saturated heterocycles. The third kappa shape index (κ3) is 1.58. The summed E-state index contributed by atoms with van der Waals surface area (Å²) in [7, 11) is 0. The van der Waals surface area contributed by atoms with Gasteiger partial charge in [0.25, 0.3) is 0 Å². The predicted octanol–water partition coefficient (Wildman–Crippen LogP) is 3.54. The average molecular weight is 202 g/mol. The van der Waals surface area contributed by atoms with Crippen molar-refractivity contribution in [2.75, 3.05) is 0 Å². The van der Waals surface area contributed by atoms with Crippen molar-refractivity contribution in [3.05, 3.63) is 39.7 Å². The number of thiazole rings is 1. The number of rotatable bonds is 1. The van der Waals surface area contributed by atoms with E-state index in [0.717, 1.165) is 5.69 Å². The molecule has 1 aromatic heterocycles. The lowest BCUT2D eigenvalue weighted by molar-refractivity contribution is 1.31. The van der Waals surface area contributed by atoms with Crippen LogP contribution in [0, 0.1) is 26.3 Å². The Bertz CT molecular complexity index is 457. The van der Waals surface area contributed by atoms with Crippen LogP contribution in [0.3, 0.4) is 0 Å². The van der Waals surface area contributed by atoms with Crippen LogP contribution in [-0.2, 0) is 0 Å². The van der Waals surface area contributed by atoms with Gasteiger partial charge in [-0.25, -0.2) is 4.98 Å². The monoisotopic (exact) mass is 202 g/mol. The van der Waals surface area contributed by atoms with E-state index in [-0.39, 0.29) is 0 Å². The van der Waals surface area contributed by atoms with Crippen LogP contribution in [0.2, 0.25) is 0 Å². The van der Waals surface area contributed by atoms with Crippen molar-refractivity contribution in [2.24, 2.45) is 0 Å². The highest BCUT2D eigenvalue weighted by atomic mass is 32.1. The number of aromatic nitrogens is 1. The molecule has 14 heavy (non-hydrogen) atoms. The van der Waals surface area contributed by atoms with Gasteiger partial charge in [0.05, 0.1) is 5.69 Å². The Morgan fingerprint density at radius 2 is 1.93 bits per heavy atom. The van der Waals surface area contributed by atoms with Gasteiger partial charge in [-0.05, 0) is 38.0 Å². The fourth-order valence-electron chi connectivity index (χ4n) is 1.42. The fraction of sp³-hybridized carbons (Fsp3) is 0.250. The number of nitrogens with zero attached hydrogens (tertiary/aromatic N) is 1. The Morgan fingerprint density at radius 3 is 2.50 bits per heavy atom. The van der Waals surface area contributed by atoms with Crippen LogP contribution in [0.1, 0.15) is 16.0 Å². The van der Waals surface area contributed by atoms with Crippen LogP contribution in [0.5, 0.6) is 0 Å². The van der Waals surface area contributed by atoms with Crippen molar-refractivity contribution < 1.29 is 0 Å². The molecule has 2 heteroatoms. The molecule has 0 spiro atoms. The Balaban J connectivity index is 2.53. The average Bonchev–Trinajstić information content (AvgIpc) is 2.57. The number of benzene rings is 1. The predicted molar refractivity (Wildman–Crippen MR) is 60.6 cm³/mol. The lowest BCUT2D eigenvalue weighted by atomic mass is 10.0. The van der Waals surface area contributed by atoms with Crippen LogP contribution < -0.4 is 0 Å². The molecule has 0 aliphatic rings. The van der Waals surface area contributed by atoms with Gasteiger partial charge in [-0.15, -0.1) is 11.3 Å². The Morgan fingerprint density at radius 1 is 1.14 bits per heavy atom. The maximum atomic E-state index is 4.25. The first-order chi connectivity index (χ1) is 6.68. The zero-order valence-corrected chi connectivity index (χ0v) is 9.40. The summed E-state index contributed by atoms with van der Waals surface area (Å²) in [5.41, 5.74) is 7.83. The summed E-state index contributed by atoms with van der Waals surface area (Å²) in [6, 6.07) is 6.45. The smallest absolute Gasteiger partial charge is 0.153 e. The first kappa shape index (κ1) is 9.41. The third-order valence-electron chi connectivity index (χ3n) is 2.47. The zero-order chi connectivity index (χ0) is 10.1. The van der Waals surface area contributed by atoms with Gasteiger partial charge in [0.2, 0.25) is 0 Å². The second-order valence-corrected chi connectivity index (χ2v) is 4.51. The summed E-state index contributed by atoms with van der Waals surface area (Å²) >= 11 is 1.57. The molecule has 71 valence electrons. The maximum absolute atomic E-state index is 4.25. The van der Waals surface area contributed by atoms with E-state index in [0.29, 0.717) is 0 Å². The topological polar surface area (TPSA) is 12.9 Å². The fourth-order valence-corrected chi connectivity index (χ4v) is 1.95. The summed E-state index contributed by atoms with van der Waals surface area (Å²) in [5, 5.41) is 0. The molecule has 1 aromatic carbocycles. The maximum Gasteiger partial charge on any atom is 0.153 e. The minimum Gasteiger partial charge on any atom is -0.233 e. The van der Waals surface area contributed by atoms with Gasteiger partial charge < -0.3 is 0 Å². The molecular weight excluding hydrogens is 190 g/mol. The van der Waals surface area contributed by atoms with E-state index in [1.807, 2.05) is 0 Å². The molecule has 1 nitrogen and oxygen atoms in total. The van der Waals surface area contributed by atoms with Crippen molar-refractivity contribution in [3.8, 4) is 11.3 Å². The van der Waals surface area contributed by atoms with E-state index < -0.39 is 0 Å². The lowest BCUT2D eigenvalue weighted by Gasteiger charge is -2.03. The first-order valence-corrected chi connectivity index (χ1v) is 5.41. The molecule has 0 fully saturated rings. The van der Waals surface area contributed by atoms with Gasteiger partial charge in [-0.2, -0.15) is 0 Å². The van der Waals surface area contributed by atoms with Crippen LogP contribution in [-0.4, -0.2) is 4.98 Å². The van der Waals surface area contributed by atoms with Gasteiger partial charge in [0.15, 0.2) is 5.51 Å². The number of aryl methyl sites for hydroxylation is 3. The molecule has 2 aromatic rings. The minimum absolute atomic E-state index is 1.07. The third-order valence-corrected chi connectivity index (χ3v) is 3.15. The van der Waals surface area contributed by atoms with Crippen molar-refractivity contribution in [1.29, 1.82) is 0 Å². The summed E-state index contributed by atoms with van der Waals surface area (Å²) in [4.78, 5) is 5.48. The molecular formula is C12H12NS. The Kier molecular flexibility index (Phi) is 2.38. The highest BCUT2D eigenvalue weighted by Crippen LogP contribution is 2.25. The van der Waals surface area contributed by atoms with E-state index in [1.165, 1.54) is 21.6 Å². The van der Waals surface area contributed by atoms with Crippen LogP contribution in [0.4, 0.5) is 0 Å². The largest absolute Gasteiger partial charge is 0.233 e. The second-order valence-electron chi connectivity index (χ2n) is 3.51. The van der Waals surface area contributed by atoms with Crippen molar-refractivity contribution in [3.63, 3.8) is 0 Å². The molecule has 1 heterocycles. The summed E-state index contributed by atoms with van der Waals surface area (Å²) < 4.78 is 0. The van der Waals surface area contributed by atoms with Crippen LogP contribution in [0.25, 0.3) is 11.3 Å². The lowest BCUT2D eigenvalue weighted by Crippen LogP contribution is -1.84. The molecule has 1 radical (unpaired) electrons. The van der Waals surface area contributed by atoms with Gasteiger partial charge in [-0.1, -0.05) is 12.1 Å².